The van der Waals surface area contributed by atoms with E-state index in [0.717, 1.165) is 11.4 Å². The minimum atomic E-state index is -1.04. The molecule has 1 aromatic heterocycles. The Hall–Kier alpha value is -0.780. The molecule has 0 bridgehead atoms. The van der Waals surface area contributed by atoms with Crippen LogP contribution in [0, 0.1) is 11.3 Å². The number of methoxy groups -OCH3 is 1. The summed E-state index contributed by atoms with van der Waals surface area (Å²) in [5.41, 5.74) is 0.974. The van der Waals surface area contributed by atoms with Gasteiger partial charge < -0.3 is 9.29 Å². The van der Waals surface area contributed by atoms with Crippen LogP contribution in [0.5, 0.6) is 5.75 Å². The zero-order valence-electron chi connectivity index (χ0n) is 12.7. The van der Waals surface area contributed by atoms with Crippen LogP contribution in [0.1, 0.15) is 45.3 Å². The van der Waals surface area contributed by atoms with Crippen molar-refractivity contribution in [1.82, 2.24) is 9.71 Å². The quantitative estimate of drug-likeness (QED) is 0.820. The summed E-state index contributed by atoms with van der Waals surface area (Å²) >= 11 is -1.04. The molecule has 0 amide bonds. The van der Waals surface area contributed by atoms with Gasteiger partial charge in [0.1, 0.15) is 11.5 Å². The fraction of sp³-hybridized carbons (Fsp3) is 0.667. The molecule has 2 rings (SSSR count). The highest BCUT2D eigenvalue weighted by Gasteiger charge is 2.37. The molecule has 112 valence electrons. The van der Waals surface area contributed by atoms with Gasteiger partial charge in [-0.2, -0.15) is 0 Å². The summed E-state index contributed by atoms with van der Waals surface area (Å²) in [5, 5.41) is 0. The lowest BCUT2D eigenvalue weighted by atomic mass is 10.0. The van der Waals surface area contributed by atoms with E-state index in [0.29, 0.717) is 11.7 Å². The van der Waals surface area contributed by atoms with E-state index in [1.807, 2.05) is 12.1 Å². The summed E-state index contributed by atoms with van der Waals surface area (Å²) in [5.74, 6) is 1.97. The lowest BCUT2D eigenvalue weighted by Gasteiger charge is -2.24. The molecule has 2 atom stereocenters. The molecule has 4 nitrogen and oxygen atoms in total. The van der Waals surface area contributed by atoms with Crippen molar-refractivity contribution in [2.24, 2.45) is 11.3 Å². The molecule has 0 aromatic carbocycles. The van der Waals surface area contributed by atoms with Crippen molar-refractivity contribution >= 4 is 11.4 Å². The van der Waals surface area contributed by atoms with Crippen molar-refractivity contribution in [3.8, 4) is 5.75 Å². The van der Waals surface area contributed by atoms with Crippen molar-refractivity contribution in [3.63, 3.8) is 0 Å². The Morgan fingerprint density at radius 2 is 2.20 bits per heavy atom. The van der Waals surface area contributed by atoms with Crippen LogP contribution >= 0.6 is 0 Å². The maximum Gasteiger partial charge on any atom is 0.130 e. The number of hydrogen-bond donors (Lipinski definition) is 1. The average Bonchev–Trinajstić information content (AvgIpc) is 3.18. The fourth-order valence-corrected chi connectivity index (χ4v) is 3.60. The van der Waals surface area contributed by atoms with Gasteiger partial charge in [0.2, 0.25) is 0 Å². The fourth-order valence-electron chi connectivity index (χ4n) is 2.13. The Kier molecular flexibility index (Phi) is 4.94. The molecule has 1 fully saturated rings. The zero-order valence-corrected chi connectivity index (χ0v) is 13.5. The lowest BCUT2D eigenvalue weighted by Crippen LogP contribution is -2.36. The number of nitrogens with zero attached hydrogens (tertiary/aromatic N) is 1. The molecule has 1 saturated carbocycles. The minimum absolute atomic E-state index is 0.0494. The third-order valence-electron chi connectivity index (χ3n) is 3.22. The van der Waals surface area contributed by atoms with Gasteiger partial charge in [0.05, 0.1) is 18.8 Å². The maximum absolute atomic E-state index is 12.3. The monoisotopic (exact) mass is 296 g/mol. The maximum atomic E-state index is 12.3. The van der Waals surface area contributed by atoms with E-state index in [2.05, 4.69) is 30.5 Å². The van der Waals surface area contributed by atoms with E-state index >= 15 is 0 Å². The summed E-state index contributed by atoms with van der Waals surface area (Å²) in [4.78, 5) is 4.42. The molecule has 0 aliphatic heterocycles. The van der Waals surface area contributed by atoms with Crippen molar-refractivity contribution in [2.75, 3.05) is 12.9 Å². The van der Waals surface area contributed by atoms with Crippen LogP contribution in [-0.2, 0) is 11.4 Å². The van der Waals surface area contributed by atoms with Gasteiger partial charge in [-0.25, -0.2) is 0 Å². The highest BCUT2D eigenvalue weighted by Crippen LogP contribution is 2.41. The second-order valence-corrected chi connectivity index (χ2v) is 7.82. The van der Waals surface area contributed by atoms with Crippen molar-refractivity contribution in [2.45, 2.75) is 39.7 Å². The highest BCUT2D eigenvalue weighted by atomic mass is 32.2. The average molecular weight is 296 g/mol. The van der Waals surface area contributed by atoms with E-state index in [4.69, 9.17) is 4.74 Å². The van der Waals surface area contributed by atoms with E-state index in [-0.39, 0.29) is 11.5 Å². The molecule has 1 heterocycles. The SMILES string of the molecule is COc1ccnc(C(N[S@+]([O-])CC(C)(C)C)C2CC2)c1. The van der Waals surface area contributed by atoms with Crippen molar-refractivity contribution in [1.29, 1.82) is 0 Å². The summed E-state index contributed by atoms with van der Waals surface area (Å²) in [6, 6.07) is 3.83. The topological polar surface area (TPSA) is 57.2 Å². The van der Waals surface area contributed by atoms with Crippen LogP contribution in [0.15, 0.2) is 18.3 Å². The van der Waals surface area contributed by atoms with Gasteiger partial charge in [0.25, 0.3) is 0 Å². The summed E-state index contributed by atoms with van der Waals surface area (Å²) in [6.07, 6.45) is 4.09. The third kappa shape index (κ3) is 4.65. The molecular formula is C15H24N2O2S. The second-order valence-electron chi connectivity index (χ2n) is 6.60. The smallest absolute Gasteiger partial charge is 0.130 e. The largest absolute Gasteiger partial charge is 0.598 e. The summed E-state index contributed by atoms with van der Waals surface area (Å²) in [7, 11) is 1.65. The van der Waals surface area contributed by atoms with Crippen molar-refractivity contribution in [3.05, 3.63) is 24.0 Å². The molecule has 0 saturated heterocycles. The number of pyridine rings is 1. The highest BCUT2D eigenvalue weighted by molar-refractivity contribution is 7.89. The number of nitrogens with one attached hydrogen (secondary N) is 1. The van der Waals surface area contributed by atoms with E-state index in [9.17, 15) is 4.55 Å². The number of ether oxygens (including phenoxy) is 1. The molecule has 0 spiro atoms. The van der Waals surface area contributed by atoms with Gasteiger partial charge in [-0.05, 0) is 24.8 Å². The number of aromatic nitrogens is 1. The Balaban J connectivity index is 2.07. The van der Waals surface area contributed by atoms with Gasteiger partial charge in [-0.15, -0.1) is 4.72 Å². The van der Waals surface area contributed by atoms with Gasteiger partial charge >= 0.3 is 0 Å². The van der Waals surface area contributed by atoms with Gasteiger partial charge in [-0.3, -0.25) is 4.98 Å². The van der Waals surface area contributed by atoms with Crippen LogP contribution in [0.2, 0.25) is 0 Å². The number of rotatable bonds is 6. The van der Waals surface area contributed by atoms with Gasteiger partial charge in [0, 0.05) is 29.0 Å². The molecule has 1 unspecified atom stereocenters. The predicted octanol–water partition coefficient (Wildman–Crippen LogP) is 2.84. The Morgan fingerprint density at radius 3 is 2.75 bits per heavy atom. The number of hydrogen-bond acceptors (Lipinski definition) is 4. The van der Waals surface area contributed by atoms with Gasteiger partial charge in [-0.1, -0.05) is 20.8 Å². The standard InChI is InChI=1S/C15H24N2O2S/c1-15(2,3)10-20(18)17-14(11-5-6-11)13-9-12(19-4)7-8-16-13/h7-9,11,14,17H,5-6,10H2,1-4H3/t14?,20-/m1/s1. The van der Waals surface area contributed by atoms with Crippen LogP contribution in [-0.4, -0.2) is 22.4 Å². The molecular weight excluding hydrogens is 272 g/mol. The van der Waals surface area contributed by atoms with Crippen LogP contribution in [0.4, 0.5) is 0 Å². The first-order chi connectivity index (χ1) is 9.39. The molecule has 0 radical (unpaired) electrons. The molecule has 20 heavy (non-hydrogen) atoms. The zero-order chi connectivity index (χ0) is 14.8. The van der Waals surface area contributed by atoms with Crippen LogP contribution in [0.25, 0.3) is 0 Å². The van der Waals surface area contributed by atoms with E-state index in [1.165, 1.54) is 12.8 Å². The molecule has 1 aromatic rings. The van der Waals surface area contributed by atoms with E-state index < -0.39 is 11.4 Å². The van der Waals surface area contributed by atoms with Gasteiger partial charge in [0.15, 0.2) is 0 Å². The first kappa shape index (κ1) is 15.6. The van der Waals surface area contributed by atoms with Crippen LogP contribution in [0.3, 0.4) is 0 Å². The van der Waals surface area contributed by atoms with Crippen molar-refractivity contribution < 1.29 is 9.29 Å². The summed E-state index contributed by atoms with van der Waals surface area (Å²) in [6.45, 7) is 6.30. The summed E-state index contributed by atoms with van der Waals surface area (Å²) < 4.78 is 20.8. The lowest BCUT2D eigenvalue weighted by molar-refractivity contribution is 0.411. The Bertz CT molecular complexity index is 444. The first-order valence-corrected chi connectivity index (χ1v) is 8.35. The third-order valence-corrected chi connectivity index (χ3v) is 4.87. The normalized spacial score (nSPS) is 18.6. The Morgan fingerprint density at radius 1 is 1.50 bits per heavy atom. The molecule has 1 N–H and O–H groups in total. The Labute approximate surface area is 124 Å². The first-order valence-electron chi connectivity index (χ1n) is 7.03. The van der Waals surface area contributed by atoms with Crippen LogP contribution < -0.4 is 9.46 Å². The molecule has 1 aliphatic carbocycles. The minimum Gasteiger partial charge on any atom is -0.598 e. The molecule has 5 heteroatoms. The molecule has 1 aliphatic rings. The predicted molar refractivity (Wildman–Crippen MR) is 81.9 cm³/mol. The second kappa shape index (κ2) is 6.33. The van der Waals surface area contributed by atoms with E-state index in [1.54, 1.807) is 13.3 Å².